The third kappa shape index (κ3) is 3.18. The minimum Gasteiger partial charge on any atom is -0.312 e. The molecule has 1 rings (SSSR count). The Balaban J connectivity index is 3.19. The van der Waals surface area contributed by atoms with Crippen LogP contribution in [-0.2, 0) is 0 Å². The molecule has 0 fully saturated rings. The molecule has 0 bridgehead atoms. The van der Waals surface area contributed by atoms with E-state index in [0.717, 1.165) is 11.0 Å². The summed E-state index contributed by atoms with van der Waals surface area (Å²) in [7, 11) is 0. The Bertz CT molecular complexity index is 587. The largest absolute Gasteiger partial charge is 0.312 e. The van der Waals surface area contributed by atoms with E-state index >= 15 is 0 Å². The van der Waals surface area contributed by atoms with Crippen molar-refractivity contribution in [3.63, 3.8) is 0 Å². The van der Waals surface area contributed by atoms with Crippen LogP contribution in [0.1, 0.15) is 10.4 Å². The van der Waals surface area contributed by atoms with E-state index in [9.17, 15) is 14.9 Å². The number of hydrogen-bond acceptors (Lipinski definition) is 5. The van der Waals surface area contributed by atoms with Crippen molar-refractivity contribution in [2.24, 2.45) is 0 Å². The van der Waals surface area contributed by atoms with E-state index in [4.69, 9.17) is 22.1 Å². The molecule has 0 N–H and O–H groups in total. The first-order valence-electron chi connectivity index (χ1n) is 4.99. The molecule has 0 aliphatic carbocycles. The maximum Gasteiger partial charge on any atom is 0.288 e. The number of rotatable bonds is 4. The topological polar surface area (TPSA) is 111 Å². The van der Waals surface area contributed by atoms with E-state index in [2.05, 4.69) is 0 Å². The van der Waals surface area contributed by atoms with Crippen molar-refractivity contribution in [1.82, 2.24) is 4.90 Å². The molecule has 0 aliphatic rings. The molecule has 0 saturated heterocycles. The number of carbonyl (C=O) groups excluding carboxylic acids is 1. The van der Waals surface area contributed by atoms with Crippen molar-refractivity contribution in [3.8, 4) is 12.1 Å². The van der Waals surface area contributed by atoms with Crippen LogP contribution >= 0.6 is 11.6 Å². The van der Waals surface area contributed by atoms with Gasteiger partial charge in [0.2, 0.25) is 0 Å². The second-order valence-electron chi connectivity index (χ2n) is 3.37. The third-order valence-corrected chi connectivity index (χ3v) is 2.61. The van der Waals surface area contributed by atoms with E-state index in [1.54, 1.807) is 12.1 Å². The number of nitro benzene ring substituents is 1. The van der Waals surface area contributed by atoms with Crippen LogP contribution in [0.4, 0.5) is 5.69 Å². The van der Waals surface area contributed by atoms with Crippen molar-refractivity contribution in [3.05, 3.63) is 38.9 Å². The minimum atomic E-state index is -0.710. The molecule has 1 aromatic carbocycles. The van der Waals surface area contributed by atoms with Gasteiger partial charge in [0.05, 0.1) is 22.6 Å². The van der Waals surface area contributed by atoms with E-state index < -0.39 is 16.5 Å². The summed E-state index contributed by atoms with van der Waals surface area (Å²) >= 11 is 5.79. The predicted octanol–water partition coefficient (Wildman–Crippen LogP) is 1.74. The van der Waals surface area contributed by atoms with Crippen molar-refractivity contribution in [2.45, 2.75) is 0 Å². The normalized spacial score (nSPS) is 9.21. The van der Waals surface area contributed by atoms with Gasteiger partial charge >= 0.3 is 0 Å². The van der Waals surface area contributed by atoms with Crippen molar-refractivity contribution < 1.29 is 9.72 Å². The van der Waals surface area contributed by atoms with Crippen LogP contribution in [-0.4, -0.2) is 28.8 Å². The summed E-state index contributed by atoms with van der Waals surface area (Å²) in [5, 5.41) is 27.6. The molecule has 7 nitrogen and oxygen atoms in total. The highest BCUT2D eigenvalue weighted by Gasteiger charge is 2.23. The maximum absolute atomic E-state index is 12.0. The first-order valence-corrected chi connectivity index (χ1v) is 5.36. The Morgan fingerprint density at radius 1 is 1.37 bits per heavy atom. The van der Waals surface area contributed by atoms with Gasteiger partial charge in [-0.3, -0.25) is 14.9 Å². The fraction of sp³-hybridized carbons (Fsp3) is 0.182. The lowest BCUT2D eigenvalue weighted by atomic mass is 10.1. The van der Waals surface area contributed by atoms with Gasteiger partial charge in [0.15, 0.2) is 0 Å². The molecule has 0 atom stereocenters. The molecule has 1 aromatic rings. The number of carbonyl (C=O) groups is 1. The van der Waals surface area contributed by atoms with Gasteiger partial charge in [-0.05, 0) is 6.07 Å². The molecule has 96 valence electrons. The highest BCUT2D eigenvalue weighted by atomic mass is 35.5. The van der Waals surface area contributed by atoms with E-state index in [0.29, 0.717) is 0 Å². The Morgan fingerprint density at radius 3 is 2.42 bits per heavy atom. The van der Waals surface area contributed by atoms with Crippen LogP contribution in [0.5, 0.6) is 0 Å². The smallest absolute Gasteiger partial charge is 0.288 e. The summed E-state index contributed by atoms with van der Waals surface area (Å²) in [6.07, 6.45) is 0. The number of halogens is 1. The monoisotopic (exact) mass is 278 g/mol. The summed E-state index contributed by atoms with van der Waals surface area (Å²) in [6.45, 7) is -0.600. The summed E-state index contributed by atoms with van der Waals surface area (Å²) in [5.41, 5.74) is -0.511. The molecule has 0 saturated carbocycles. The quantitative estimate of drug-likeness (QED) is 0.473. The first kappa shape index (κ1) is 14.4. The Labute approximate surface area is 113 Å². The zero-order valence-corrected chi connectivity index (χ0v) is 10.3. The van der Waals surface area contributed by atoms with E-state index in [1.807, 2.05) is 0 Å². The molecule has 0 aliphatic heterocycles. The van der Waals surface area contributed by atoms with Gasteiger partial charge < -0.3 is 4.90 Å². The molecular formula is C11H7ClN4O3. The average Bonchev–Trinajstić information content (AvgIpc) is 2.37. The molecule has 0 aromatic heterocycles. The maximum atomic E-state index is 12.0. The fourth-order valence-electron chi connectivity index (χ4n) is 1.37. The van der Waals surface area contributed by atoms with Crippen LogP contribution in [0.3, 0.4) is 0 Å². The molecule has 19 heavy (non-hydrogen) atoms. The highest BCUT2D eigenvalue weighted by molar-refractivity contribution is 6.35. The minimum absolute atomic E-state index is 0.110. The second-order valence-corrected chi connectivity index (χ2v) is 3.75. The van der Waals surface area contributed by atoms with Crippen LogP contribution in [0.15, 0.2) is 18.2 Å². The van der Waals surface area contributed by atoms with E-state index in [1.165, 1.54) is 12.1 Å². The number of benzene rings is 1. The van der Waals surface area contributed by atoms with Crippen LogP contribution in [0.25, 0.3) is 0 Å². The number of amides is 1. The van der Waals surface area contributed by atoms with Gasteiger partial charge in [0.25, 0.3) is 11.6 Å². The van der Waals surface area contributed by atoms with Crippen LogP contribution in [0, 0.1) is 32.8 Å². The molecule has 0 radical (unpaired) electrons. The Morgan fingerprint density at radius 2 is 1.95 bits per heavy atom. The van der Waals surface area contributed by atoms with Crippen LogP contribution < -0.4 is 0 Å². The standard InChI is InChI=1S/C11H7ClN4O3/c12-10-8(2-1-3-9(10)16(18)19)11(17)15(6-4-13)7-5-14/h1-3H,6-7H2. The number of hydrogen-bond donors (Lipinski definition) is 0. The summed E-state index contributed by atoms with van der Waals surface area (Å²) in [6, 6.07) is 7.26. The zero-order chi connectivity index (χ0) is 14.4. The fourth-order valence-corrected chi connectivity index (χ4v) is 1.64. The van der Waals surface area contributed by atoms with Crippen LogP contribution in [0.2, 0.25) is 5.02 Å². The second kappa shape index (κ2) is 6.34. The molecule has 1 amide bonds. The summed E-state index contributed by atoms with van der Waals surface area (Å²) in [5.74, 6) is -0.697. The third-order valence-electron chi connectivity index (χ3n) is 2.22. The number of nitriles is 2. The van der Waals surface area contributed by atoms with Crippen molar-refractivity contribution in [2.75, 3.05) is 13.1 Å². The molecule has 0 heterocycles. The van der Waals surface area contributed by atoms with Crippen molar-refractivity contribution >= 4 is 23.2 Å². The number of nitrogens with zero attached hydrogens (tertiary/aromatic N) is 4. The lowest BCUT2D eigenvalue weighted by Crippen LogP contribution is -2.32. The highest BCUT2D eigenvalue weighted by Crippen LogP contribution is 2.28. The van der Waals surface area contributed by atoms with E-state index in [-0.39, 0.29) is 23.7 Å². The Kier molecular flexibility index (Phi) is 4.81. The molecule has 0 spiro atoms. The molecule has 0 unspecified atom stereocenters. The lowest BCUT2D eigenvalue weighted by Gasteiger charge is -2.16. The molecule has 8 heteroatoms. The lowest BCUT2D eigenvalue weighted by molar-refractivity contribution is -0.384. The van der Waals surface area contributed by atoms with Gasteiger partial charge in [0.1, 0.15) is 18.1 Å². The van der Waals surface area contributed by atoms with Gasteiger partial charge in [-0.15, -0.1) is 0 Å². The Hall–Kier alpha value is -2.64. The zero-order valence-electron chi connectivity index (χ0n) is 9.54. The van der Waals surface area contributed by atoms with Gasteiger partial charge in [-0.25, -0.2) is 0 Å². The summed E-state index contributed by atoms with van der Waals surface area (Å²) < 4.78 is 0. The van der Waals surface area contributed by atoms with Gasteiger partial charge in [-0.1, -0.05) is 17.7 Å². The average molecular weight is 279 g/mol. The van der Waals surface area contributed by atoms with Gasteiger partial charge in [-0.2, -0.15) is 10.5 Å². The summed E-state index contributed by atoms with van der Waals surface area (Å²) in [4.78, 5) is 23.0. The molecular weight excluding hydrogens is 272 g/mol. The first-order chi connectivity index (χ1) is 9.02. The SMILES string of the molecule is N#CCN(CC#N)C(=O)c1cccc([N+](=O)[O-])c1Cl. The van der Waals surface area contributed by atoms with Gasteiger partial charge in [0, 0.05) is 6.07 Å². The predicted molar refractivity (Wildman–Crippen MR) is 65.2 cm³/mol. The van der Waals surface area contributed by atoms with Crippen molar-refractivity contribution in [1.29, 1.82) is 10.5 Å². The number of nitro groups is 1.